The van der Waals surface area contributed by atoms with Crippen LogP contribution < -0.4 is 15.8 Å². The fourth-order valence-electron chi connectivity index (χ4n) is 1.70. The number of carbonyl (C=O) groups excluding carboxylic acids is 1. The van der Waals surface area contributed by atoms with Crippen molar-refractivity contribution in [1.29, 1.82) is 0 Å². The van der Waals surface area contributed by atoms with E-state index in [1.165, 1.54) is 7.11 Å². The summed E-state index contributed by atoms with van der Waals surface area (Å²) < 4.78 is 5.03. The highest BCUT2D eigenvalue weighted by atomic mass is 35.5. The van der Waals surface area contributed by atoms with Crippen LogP contribution in [0.25, 0.3) is 0 Å². The molecule has 2 aromatic rings. The number of benzene rings is 2. The molecular weight excluding hydrogens is 299 g/mol. The zero-order chi connectivity index (χ0) is 14.7. The smallest absolute Gasteiger partial charge is 0.257 e. The van der Waals surface area contributed by atoms with Crippen LogP contribution in [0.15, 0.2) is 36.4 Å². The maximum Gasteiger partial charge on any atom is 0.257 e. The molecule has 0 aromatic heterocycles. The Morgan fingerprint density at radius 1 is 1.15 bits per heavy atom. The minimum absolute atomic E-state index is 0.329. The number of amides is 1. The van der Waals surface area contributed by atoms with E-state index in [0.29, 0.717) is 32.7 Å². The van der Waals surface area contributed by atoms with E-state index in [0.717, 1.165) is 0 Å². The third-order valence-electron chi connectivity index (χ3n) is 2.62. The Bertz CT molecular complexity index is 639. The fraction of sp³-hybridized carbons (Fsp3) is 0.0714. The van der Waals surface area contributed by atoms with Crippen LogP contribution in [-0.4, -0.2) is 13.0 Å². The van der Waals surface area contributed by atoms with Gasteiger partial charge in [0, 0.05) is 27.5 Å². The molecule has 0 atom stereocenters. The molecule has 0 saturated carbocycles. The largest absolute Gasteiger partial charge is 0.497 e. The third-order valence-corrected chi connectivity index (χ3v) is 3.06. The minimum Gasteiger partial charge on any atom is -0.497 e. The quantitative estimate of drug-likeness (QED) is 0.847. The van der Waals surface area contributed by atoms with E-state index in [9.17, 15) is 4.79 Å². The van der Waals surface area contributed by atoms with Crippen molar-refractivity contribution in [1.82, 2.24) is 0 Å². The van der Waals surface area contributed by atoms with Crippen molar-refractivity contribution in [3.8, 4) is 5.75 Å². The highest BCUT2D eigenvalue weighted by Crippen LogP contribution is 2.24. The number of anilines is 2. The Morgan fingerprint density at radius 3 is 2.35 bits per heavy atom. The average Bonchev–Trinajstić information content (AvgIpc) is 2.36. The lowest BCUT2D eigenvalue weighted by atomic mass is 10.1. The molecule has 0 unspecified atom stereocenters. The summed E-state index contributed by atoms with van der Waals surface area (Å²) in [6.07, 6.45) is 0. The molecule has 0 aliphatic heterocycles. The first-order valence-electron chi connectivity index (χ1n) is 5.70. The predicted molar refractivity (Wildman–Crippen MR) is 81.8 cm³/mol. The summed E-state index contributed by atoms with van der Waals surface area (Å²) in [7, 11) is 1.53. The Hall–Kier alpha value is -1.91. The maximum atomic E-state index is 12.1. The lowest BCUT2D eigenvalue weighted by Gasteiger charge is -2.09. The van der Waals surface area contributed by atoms with Gasteiger partial charge in [-0.3, -0.25) is 4.79 Å². The van der Waals surface area contributed by atoms with Crippen LogP contribution >= 0.6 is 23.2 Å². The van der Waals surface area contributed by atoms with Crippen LogP contribution in [0.3, 0.4) is 0 Å². The van der Waals surface area contributed by atoms with E-state index >= 15 is 0 Å². The minimum atomic E-state index is -0.344. The molecule has 0 saturated heterocycles. The van der Waals surface area contributed by atoms with Crippen LogP contribution in [0.1, 0.15) is 10.4 Å². The van der Waals surface area contributed by atoms with E-state index in [-0.39, 0.29) is 5.91 Å². The molecule has 104 valence electrons. The fourth-order valence-corrected chi connectivity index (χ4v) is 2.23. The Kier molecular flexibility index (Phi) is 4.37. The first-order valence-corrected chi connectivity index (χ1v) is 6.46. The molecule has 0 fully saturated rings. The van der Waals surface area contributed by atoms with Crippen molar-refractivity contribution in [2.45, 2.75) is 0 Å². The van der Waals surface area contributed by atoms with Gasteiger partial charge in [-0.15, -0.1) is 0 Å². The molecule has 0 spiro atoms. The summed E-state index contributed by atoms with van der Waals surface area (Å²) >= 11 is 11.7. The molecule has 0 aliphatic carbocycles. The number of nitrogens with one attached hydrogen (secondary N) is 1. The van der Waals surface area contributed by atoms with Gasteiger partial charge in [0.05, 0.1) is 12.7 Å². The number of ether oxygens (including phenoxy) is 1. The van der Waals surface area contributed by atoms with Crippen molar-refractivity contribution < 1.29 is 9.53 Å². The number of nitrogen functional groups attached to an aromatic ring is 1. The summed E-state index contributed by atoms with van der Waals surface area (Å²) in [5.41, 5.74) is 7.00. The first-order chi connectivity index (χ1) is 9.49. The van der Waals surface area contributed by atoms with Crippen molar-refractivity contribution in [2.24, 2.45) is 0 Å². The van der Waals surface area contributed by atoms with E-state index in [1.807, 2.05) is 0 Å². The Labute approximate surface area is 126 Å². The molecule has 0 radical (unpaired) electrons. The van der Waals surface area contributed by atoms with Gasteiger partial charge >= 0.3 is 0 Å². The molecule has 3 N–H and O–H groups in total. The average molecular weight is 311 g/mol. The number of rotatable bonds is 3. The molecule has 0 heterocycles. The van der Waals surface area contributed by atoms with Gasteiger partial charge < -0.3 is 15.8 Å². The first kappa shape index (κ1) is 14.5. The van der Waals surface area contributed by atoms with Crippen LogP contribution in [0, 0.1) is 0 Å². The highest BCUT2D eigenvalue weighted by Gasteiger charge is 2.11. The van der Waals surface area contributed by atoms with Crippen molar-refractivity contribution in [3.63, 3.8) is 0 Å². The standard InChI is InChI=1S/C14H12Cl2N2O2/c1-20-11-2-3-12(13(17)7-11)14(19)18-10-5-8(15)4-9(16)6-10/h2-7H,17H2,1H3,(H,18,19). The van der Waals surface area contributed by atoms with Crippen molar-refractivity contribution in [2.75, 3.05) is 18.2 Å². The monoisotopic (exact) mass is 310 g/mol. The van der Waals surface area contributed by atoms with Gasteiger partial charge in [0.25, 0.3) is 5.91 Å². The SMILES string of the molecule is COc1ccc(C(=O)Nc2cc(Cl)cc(Cl)c2)c(N)c1. The molecule has 0 aliphatic rings. The number of nitrogens with two attached hydrogens (primary N) is 1. The molecule has 4 nitrogen and oxygen atoms in total. The molecule has 2 aromatic carbocycles. The van der Waals surface area contributed by atoms with Gasteiger partial charge in [0.15, 0.2) is 0 Å². The van der Waals surface area contributed by atoms with Gasteiger partial charge in [-0.2, -0.15) is 0 Å². The maximum absolute atomic E-state index is 12.1. The van der Waals surface area contributed by atoms with Crippen LogP contribution in [0.2, 0.25) is 10.0 Å². The van der Waals surface area contributed by atoms with E-state index in [4.69, 9.17) is 33.7 Å². The topological polar surface area (TPSA) is 64.3 Å². The summed E-state index contributed by atoms with van der Waals surface area (Å²) in [4.78, 5) is 12.1. The summed E-state index contributed by atoms with van der Waals surface area (Å²) in [5, 5.41) is 3.57. The number of carbonyl (C=O) groups is 1. The van der Waals surface area contributed by atoms with E-state index in [2.05, 4.69) is 5.32 Å². The lowest BCUT2D eigenvalue weighted by Crippen LogP contribution is -2.14. The second-order valence-corrected chi connectivity index (χ2v) is 4.94. The second kappa shape index (κ2) is 6.03. The summed E-state index contributed by atoms with van der Waals surface area (Å²) in [5.74, 6) is 0.244. The molecular formula is C14H12Cl2N2O2. The lowest BCUT2D eigenvalue weighted by molar-refractivity contribution is 0.102. The highest BCUT2D eigenvalue weighted by molar-refractivity contribution is 6.35. The molecule has 6 heteroatoms. The van der Waals surface area contributed by atoms with Gasteiger partial charge in [-0.25, -0.2) is 0 Å². The second-order valence-electron chi connectivity index (χ2n) is 4.07. The zero-order valence-corrected chi connectivity index (χ0v) is 12.1. The third kappa shape index (κ3) is 3.35. The normalized spacial score (nSPS) is 10.2. The number of hydrogen-bond donors (Lipinski definition) is 2. The van der Waals surface area contributed by atoms with Gasteiger partial charge in [0.1, 0.15) is 5.75 Å². The summed E-state index contributed by atoms with van der Waals surface area (Å²) in [6, 6.07) is 9.63. The van der Waals surface area contributed by atoms with Gasteiger partial charge in [-0.1, -0.05) is 23.2 Å². The van der Waals surface area contributed by atoms with Crippen LogP contribution in [0.5, 0.6) is 5.75 Å². The number of halogens is 2. The van der Waals surface area contributed by atoms with E-state index in [1.54, 1.807) is 36.4 Å². The molecule has 20 heavy (non-hydrogen) atoms. The predicted octanol–water partition coefficient (Wildman–Crippen LogP) is 3.84. The van der Waals surface area contributed by atoms with Crippen molar-refractivity contribution in [3.05, 3.63) is 52.0 Å². The zero-order valence-electron chi connectivity index (χ0n) is 10.6. The van der Waals surface area contributed by atoms with Crippen LogP contribution in [0.4, 0.5) is 11.4 Å². The molecule has 0 bridgehead atoms. The van der Waals surface area contributed by atoms with Crippen molar-refractivity contribution >= 4 is 40.5 Å². The van der Waals surface area contributed by atoms with Crippen LogP contribution in [-0.2, 0) is 0 Å². The number of hydrogen-bond acceptors (Lipinski definition) is 3. The molecule has 1 amide bonds. The molecule has 2 rings (SSSR count). The Morgan fingerprint density at radius 2 is 1.80 bits per heavy atom. The van der Waals surface area contributed by atoms with Gasteiger partial charge in [0.2, 0.25) is 0 Å². The van der Waals surface area contributed by atoms with Gasteiger partial charge in [-0.05, 0) is 30.3 Å². The number of methoxy groups -OCH3 is 1. The van der Waals surface area contributed by atoms with E-state index < -0.39 is 0 Å². The Balaban J connectivity index is 2.23. The summed E-state index contributed by atoms with van der Waals surface area (Å²) in [6.45, 7) is 0.